The Labute approximate surface area is 134 Å². The van der Waals surface area contributed by atoms with E-state index in [1.165, 1.54) is 16.9 Å². The number of nitrogens with one attached hydrogen (secondary N) is 1. The Kier molecular flexibility index (Phi) is 6.26. The van der Waals surface area contributed by atoms with Gasteiger partial charge in [0, 0.05) is 18.1 Å². The molecule has 0 radical (unpaired) electrons. The molecule has 2 aromatic rings. The molecule has 0 atom stereocenters. The Bertz CT molecular complexity index is 581. The Balaban J connectivity index is 1.71. The van der Waals surface area contributed by atoms with Crippen molar-refractivity contribution in [2.75, 3.05) is 12.3 Å². The van der Waals surface area contributed by atoms with Crippen molar-refractivity contribution in [3.8, 4) is 0 Å². The zero-order valence-corrected chi connectivity index (χ0v) is 14.0. The molecule has 0 aliphatic rings. The molecule has 0 aliphatic carbocycles. The van der Waals surface area contributed by atoms with Crippen molar-refractivity contribution < 1.29 is 4.79 Å². The second-order valence-electron chi connectivity index (χ2n) is 4.67. The van der Waals surface area contributed by atoms with Crippen molar-refractivity contribution in [2.45, 2.75) is 26.0 Å². The average Bonchev–Trinajstić information content (AvgIpc) is 2.89. The summed E-state index contributed by atoms with van der Waals surface area (Å²) in [5.74, 6) is 1.90. The topological polar surface area (TPSA) is 42.0 Å². The first-order valence-electron chi connectivity index (χ1n) is 7.07. The van der Waals surface area contributed by atoms with Gasteiger partial charge in [0.1, 0.15) is 4.88 Å². The number of rotatable bonds is 7. The van der Waals surface area contributed by atoms with Gasteiger partial charge in [-0.05, 0) is 18.9 Å². The Hall–Kier alpha value is -1.33. The molecule has 1 heterocycles. The van der Waals surface area contributed by atoms with Crippen molar-refractivity contribution in [3.05, 3.63) is 51.5 Å². The van der Waals surface area contributed by atoms with E-state index < -0.39 is 0 Å². The van der Waals surface area contributed by atoms with Crippen molar-refractivity contribution in [1.29, 1.82) is 0 Å². The van der Waals surface area contributed by atoms with E-state index in [9.17, 15) is 4.79 Å². The number of benzene rings is 1. The monoisotopic (exact) mass is 320 g/mol. The smallest absolute Gasteiger partial charge is 0.263 e. The molecule has 0 aliphatic heterocycles. The highest BCUT2D eigenvalue weighted by molar-refractivity contribution is 7.98. The zero-order valence-electron chi connectivity index (χ0n) is 12.4. The predicted octanol–water partition coefficient (Wildman–Crippen LogP) is 3.68. The third-order valence-electron chi connectivity index (χ3n) is 2.99. The SMILES string of the molecule is CCc1nc(C)c(C(=O)NCCSCc2ccccc2)s1. The summed E-state index contributed by atoms with van der Waals surface area (Å²) in [6, 6.07) is 10.4. The molecule has 0 bridgehead atoms. The van der Waals surface area contributed by atoms with Crippen molar-refractivity contribution >= 4 is 29.0 Å². The lowest BCUT2D eigenvalue weighted by Crippen LogP contribution is -2.25. The fraction of sp³-hybridized carbons (Fsp3) is 0.375. The zero-order chi connectivity index (χ0) is 15.1. The third-order valence-corrected chi connectivity index (χ3v) is 5.32. The Morgan fingerprint density at radius 1 is 1.33 bits per heavy atom. The minimum atomic E-state index is 0.00464. The summed E-state index contributed by atoms with van der Waals surface area (Å²) in [5, 5.41) is 4.00. The number of hydrogen-bond acceptors (Lipinski definition) is 4. The molecule has 0 unspecified atom stereocenters. The van der Waals surface area contributed by atoms with Crippen LogP contribution in [0, 0.1) is 6.92 Å². The fourth-order valence-electron chi connectivity index (χ4n) is 1.90. The van der Waals surface area contributed by atoms with Gasteiger partial charge in [-0.1, -0.05) is 37.3 Å². The summed E-state index contributed by atoms with van der Waals surface area (Å²) in [6.07, 6.45) is 0.881. The number of carbonyl (C=O) groups is 1. The molecule has 21 heavy (non-hydrogen) atoms. The molecule has 0 fully saturated rings. The molecule has 5 heteroatoms. The molecule has 3 nitrogen and oxygen atoms in total. The van der Waals surface area contributed by atoms with Crippen LogP contribution < -0.4 is 5.32 Å². The molecule has 1 aromatic heterocycles. The van der Waals surface area contributed by atoms with E-state index in [4.69, 9.17) is 0 Å². The second kappa shape index (κ2) is 8.20. The summed E-state index contributed by atoms with van der Waals surface area (Å²) in [5.41, 5.74) is 2.16. The van der Waals surface area contributed by atoms with Crippen LogP contribution in [0.4, 0.5) is 0 Å². The van der Waals surface area contributed by atoms with Crippen LogP contribution in [0.15, 0.2) is 30.3 Å². The van der Waals surface area contributed by atoms with Gasteiger partial charge in [-0.25, -0.2) is 4.98 Å². The molecular formula is C16H20N2OS2. The van der Waals surface area contributed by atoms with Crippen molar-refractivity contribution in [2.24, 2.45) is 0 Å². The van der Waals surface area contributed by atoms with Crippen LogP contribution in [0.25, 0.3) is 0 Å². The van der Waals surface area contributed by atoms with Crippen molar-refractivity contribution in [1.82, 2.24) is 10.3 Å². The van der Waals surface area contributed by atoms with Gasteiger partial charge in [0.15, 0.2) is 0 Å². The van der Waals surface area contributed by atoms with E-state index in [1.54, 1.807) is 0 Å². The number of amides is 1. The lowest BCUT2D eigenvalue weighted by atomic mass is 10.2. The first-order chi connectivity index (χ1) is 10.2. The number of hydrogen-bond donors (Lipinski definition) is 1. The predicted molar refractivity (Wildman–Crippen MR) is 91.2 cm³/mol. The summed E-state index contributed by atoms with van der Waals surface area (Å²) in [4.78, 5) is 17.2. The van der Waals surface area contributed by atoms with Crippen molar-refractivity contribution in [3.63, 3.8) is 0 Å². The highest BCUT2D eigenvalue weighted by Crippen LogP contribution is 2.18. The summed E-state index contributed by atoms with van der Waals surface area (Å²) in [7, 11) is 0. The quantitative estimate of drug-likeness (QED) is 0.791. The largest absolute Gasteiger partial charge is 0.350 e. The maximum Gasteiger partial charge on any atom is 0.263 e. The number of nitrogens with zero attached hydrogens (tertiary/aromatic N) is 1. The molecule has 0 saturated carbocycles. The number of aryl methyl sites for hydroxylation is 2. The standard InChI is InChI=1S/C16H20N2OS2/c1-3-14-18-12(2)15(21-14)16(19)17-9-10-20-11-13-7-5-4-6-8-13/h4-8H,3,9-11H2,1-2H3,(H,17,19). The van der Waals surface area contributed by atoms with Crippen LogP contribution in [0.1, 0.15) is 32.9 Å². The minimum absolute atomic E-state index is 0.00464. The Morgan fingerprint density at radius 3 is 2.76 bits per heavy atom. The lowest BCUT2D eigenvalue weighted by molar-refractivity contribution is 0.0959. The number of thioether (sulfide) groups is 1. The number of thiazole rings is 1. The first kappa shape index (κ1) is 16.0. The summed E-state index contributed by atoms with van der Waals surface area (Å²) >= 11 is 3.33. The molecule has 0 saturated heterocycles. The van der Waals surface area contributed by atoms with E-state index in [0.717, 1.165) is 33.5 Å². The van der Waals surface area contributed by atoms with Crippen LogP contribution in [0.5, 0.6) is 0 Å². The molecule has 2 rings (SSSR count). The van der Waals surface area contributed by atoms with Crippen LogP contribution in [-0.4, -0.2) is 23.2 Å². The van der Waals surface area contributed by atoms with E-state index in [0.29, 0.717) is 6.54 Å². The third kappa shape index (κ3) is 4.86. The van der Waals surface area contributed by atoms with Gasteiger partial charge >= 0.3 is 0 Å². The van der Waals surface area contributed by atoms with Crippen LogP contribution in [0.3, 0.4) is 0 Å². The van der Waals surface area contributed by atoms with Crippen LogP contribution in [0.2, 0.25) is 0 Å². The maximum absolute atomic E-state index is 12.1. The number of carbonyl (C=O) groups excluding carboxylic acids is 1. The fourth-order valence-corrected chi connectivity index (χ4v) is 3.64. The molecule has 1 amide bonds. The number of aromatic nitrogens is 1. The summed E-state index contributed by atoms with van der Waals surface area (Å²) < 4.78 is 0. The highest BCUT2D eigenvalue weighted by atomic mass is 32.2. The summed E-state index contributed by atoms with van der Waals surface area (Å²) in [6.45, 7) is 4.64. The van der Waals surface area contributed by atoms with Gasteiger partial charge in [-0.3, -0.25) is 4.79 Å². The van der Waals surface area contributed by atoms with Gasteiger partial charge in [0.2, 0.25) is 0 Å². The highest BCUT2D eigenvalue weighted by Gasteiger charge is 2.13. The van der Waals surface area contributed by atoms with Gasteiger partial charge in [-0.2, -0.15) is 11.8 Å². The maximum atomic E-state index is 12.1. The molecule has 112 valence electrons. The van der Waals surface area contributed by atoms with E-state index >= 15 is 0 Å². The normalized spacial score (nSPS) is 10.6. The second-order valence-corrected chi connectivity index (χ2v) is 6.86. The molecule has 1 aromatic carbocycles. The van der Waals surface area contributed by atoms with Gasteiger partial charge in [-0.15, -0.1) is 11.3 Å². The molecular weight excluding hydrogens is 300 g/mol. The van der Waals surface area contributed by atoms with Gasteiger partial charge in [0.25, 0.3) is 5.91 Å². The minimum Gasteiger partial charge on any atom is -0.350 e. The Morgan fingerprint density at radius 2 is 2.10 bits per heavy atom. The van der Waals surface area contributed by atoms with E-state index in [1.807, 2.05) is 24.8 Å². The average molecular weight is 320 g/mol. The van der Waals surface area contributed by atoms with Crippen LogP contribution in [-0.2, 0) is 12.2 Å². The lowest BCUT2D eigenvalue weighted by Gasteiger charge is -2.04. The van der Waals surface area contributed by atoms with Gasteiger partial charge < -0.3 is 5.32 Å². The first-order valence-corrected chi connectivity index (χ1v) is 9.04. The van der Waals surface area contributed by atoms with Gasteiger partial charge in [0.05, 0.1) is 10.7 Å². The molecule has 0 spiro atoms. The van der Waals surface area contributed by atoms with E-state index in [-0.39, 0.29) is 5.91 Å². The molecule has 1 N–H and O–H groups in total. The van der Waals surface area contributed by atoms with E-state index in [2.05, 4.69) is 41.5 Å². The van der Waals surface area contributed by atoms with Crippen LogP contribution >= 0.6 is 23.1 Å².